The first kappa shape index (κ1) is 26.1. The van der Waals surface area contributed by atoms with Gasteiger partial charge in [0.25, 0.3) is 0 Å². The van der Waals surface area contributed by atoms with Crippen molar-refractivity contribution in [2.45, 2.75) is 34.0 Å². The number of aryl methyl sites for hydroxylation is 3. The highest BCUT2D eigenvalue weighted by Crippen LogP contribution is 2.17. The van der Waals surface area contributed by atoms with Crippen LogP contribution in [0.1, 0.15) is 31.3 Å². The first-order valence-corrected chi connectivity index (χ1v) is 12.7. The van der Waals surface area contributed by atoms with Crippen molar-refractivity contribution >= 4 is 81.7 Å². The number of aliphatic hydroxyl groups is 1. The van der Waals surface area contributed by atoms with E-state index in [1.807, 2.05) is 19.1 Å². The number of hydrogen-bond acceptors (Lipinski definition) is 5. The molecule has 0 aliphatic carbocycles. The SMILES string of the molecule is C=Cc1cc(P)sc1C.COCc1cc(P)sc1C.Cc1sc(P)cc1CO. The number of rotatable bonds is 4. The van der Waals surface area contributed by atoms with Gasteiger partial charge in [0, 0.05) is 35.6 Å². The van der Waals surface area contributed by atoms with Gasteiger partial charge in [-0.2, -0.15) is 0 Å². The molecule has 0 amide bonds. The van der Waals surface area contributed by atoms with Gasteiger partial charge < -0.3 is 9.84 Å². The van der Waals surface area contributed by atoms with Crippen LogP contribution in [0.4, 0.5) is 0 Å². The molecule has 3 unspecified atom stereocenters. The van der Waals surface area contributed by atoms with E-state index in [1.165, 1.54) is 39.6 Å². The first-order valence-electron chi connectivity index (χ1n) is 8.49. The summed E-state index contributed by atoms with van der Waals surface area (Å²) in [5.74, 6) is 0. The molecule has 3 aromatic heterocycles. The van der Waals surface area contributed by atoms with E-state index in [2.05, 4.69) is 60.3 Å². The van der Waals surface area contributed by atoms with E-state index in [0.29, 0.717) is 0 Å². The van der Waals surface area contributed by atoms with Gasteiger partial charge in [0.15, 0.2) is 0 Å². The average molecular weight is 491 g/mol. The van der Waals surface area contributed by atoms with E-state index in [9.17, 15) is 0 Å². The monoisotopic (exact) mass is 490 g/mol. The zero-order chi connectivity index (χ0) is 21.3. The van der Waals surface area contributed by atoms with Gasteiger partial charge in [-0.05, 0) is 55.7 Å². The Hall–Kier alpha value is 0.0500. The van der Waals surface area contributed by atoms with Crippen LogP contribution in [0.25, 0.3) is 6.08 Å². The van der Waals surface area contributed by atoms with E-state index in [-0.39, 0.29) is 6.61 Å². The molecule has 3 heterocycles. The van der Waals surface area contributed by atoms with Crippen molar-refractivity contribution in [2.75, 3.05) is 7.11 Å². The van der Waals surface area contributed by atoms with Crippen LogP contribution in [0.5, 0.6) is 0 Å². The van der Waals surface area contributed by atoms with Crippen LogP contribution in [0.2, 0.25) is 0 Å². The molecule has 0 bridgehead atoms. The topological polar surface area (TPSA) is 29.5 Å². The summed E-state index contributed by atoms with van der Waals surface area (Å²) in [6.07, 6.45) is 1.89. The maximum Gasteiger partial charge on any atom is 0.0723 e. The van der Waals surface area contributed by atoms with Crippen molar-refractivity contribution < 1.29 is 9.84 Å². The third-order valence-corrected chi connectivity index (χ3v) is 8.04. The fourth-order valence-corrected chi connectivity index (χ4v) is 6.85. The molecule has 0 aliphatic heterocycles. The number of methoxy groups -OCH3 is 1. The maximum atomic E-state index is 8.73. The molecular formula is C20H29O2P3S3. The summed E-state index contributed by atoms with van der Waals surface area (Å²) < 4.78 is 8.77. The Morgan fingerprint density at radius 2 is 1.36 bits per heavy atom. The molecule has 28 heavy (non-hydrogen) atoms. The van der Waals surface area contributed by atoms with Crippen LogP contribution in [-0.4, -0.2) is 12.2 Å². The molecule has 3 aromatic rings. The zero-order valence-corrected chi connectivity index (χ0v) is 22.7. The van der Waals surface area contributed by atoms with E-state index >= 15 is 0 Å². The first-order chi connectivity index (χ1) is 13.2. The van der Waals surface area contributed by atoms with Gasteiger partial charge >= 0.3 is 0 Å². The Bertz CT molecular complexity index is 882. The molecule has 0 aliphatic rings. The lowest BCUT2D eigenvalue weighted by Crippen LogP contribution is -1.86. The second-order valence-corrected chi connectivity index (χ2v) is 12.9. The van der Waals surface area contributed by atoms with Gasteiger partial charge in [-0.1, -0.05) is 40.4 Å². The molecule has 3 atom stereocenters. The Morgan fingerprint density at radius 1 is 0.893 bits per heavy atom. The van der Waals surface area contributed by atoms with Gasteiger partial charge in [-0.15, -0.1) is 34.0 Å². The standard InChI is InChI=1S/C7H11OPS.C7H9PS.C6H9OPS/c1-5-6(4-8-2)3-7(9)10-5;1-3-6-4-7(8)9-5(6)2;1-4-5(3-7)2-6(8)9-4/h3H,4,9H2,1-2H3;3-4H,1,8H2,2H3;2,7H,3,8H2,1H3. The van der Waals surface area contributed by atoms with E-state index < -0.39 is 0 Å². The molecule has 0 aromatic carbocycles. The summed E-state index contributed by atoms with van der Waals surface area (Å²) in [7, 11) is 9.72. The Balaban J connectivity index is 0.000000210. The lowest BCUT2D eigenvalue weighted by atomic mass is 10.3. The van der Waals surface area contributed by atoms with Crippen molar-refractivity contribution in [1.29, 1.82) is 0 Å². The third kappa shape index (κ3) is 8.82. The van der Waals surface area contributed by atoms with Crippen LogP contribution in [0, 0.1) is 20.8 Å². The van der Waals surface area contributed by atoms with Crippen molar-refractivity contribution in [3.8, 4) is 0 Å². The van der Waals surface area contributed by atoms with Gasteiger partial charge in [-0.25, -0.2) is 0 Å². The Labute approximate surface area is 188 Å². The summed E-state index contributed by atoms with van der Waals surface area (Å²) in [5.41, 5.74) is 3.60. The van der Waals surface area contributed by atoms with E-state index in [4.69, 9.17) is 9.84 Å². The second kappa shape index (κ2) is 13.4. The summed E-state index contributed by atoms with van der Waals surface area (Å²) in [4.78, 5) is 3.91. The highest BCUT2D eigenvalue weighted by Gasteiger charge is 2.00. The smallest absolute Gasteiger partial charge is 0.0723 e. The predicted molar refractivity (Wildman–Crippen MR) is 142 cm³/mol. The highest BCUT2D eigenvalue weighted by atomic mass is 32.1. The third-order valence-electron chi connectivity index (χ3n) is 3.74. The van der Waals surface area contributed by atoms with Gasteiger partial charge in [0.1, 0.15) is 0 Å². The lowest BCUT2D eigenvalue weighted by molar-refractivity contribution is 0.185. The highest BCUT2D eigenvalue weighted by molar-refractivity contribution is 7.44. The average Bonchev–Trinajstić information content (AvgIpc) is 3.25. The fourth-order valence-electron chi connectivity index (χ4n) is 2.27. The minimum atomic E-state index is 0.163. The largest absolute Gasteiger partial charge is 0.392 e. The minimum absolute atomic E-state index is 0.163. The summed E-state index contributed by atoms with van der Waals surface area (Å²) in [6.45, 7) is 10.8. The maximum absolute atomic E-state index is 8.73. The quantitative estimate of drug-likeness (QED) is 0.525. The molecule has 1 N–H and O–H groups in total. The molecule has 2 nitrogen and oxygen atoms in total. The second-order valence-electron chi connectivity index (χ2n) is 5.92. The molecule has 3 rings (SSSR count). The molecule has 0 radical (unpaired) electrons. The Morgan fingerprint density at radius 3 is 1.61 bits per heavy atom. The van der Waals surface area contributed by atoms with Gasteiger partial charge in [-0.3, -0.25) is 0 Å². The molecule has 0 fully saturated rings. The van der Waals surface area contributed by atoms with Gasteiger partial charge in [0.05, 0.1) is 13.2 Å². The molecular weight excluding hydrogens is 461 g/mol. The molecule has 154 valence electrons. The van der Waals surface area contributed by atoms with Crippen LogP contribution < -0.4 is 13.9 Å². The fraction of sp³-hybridized carbons (Fsp3) is 0.300. The van der Waals surface area contributed by atoms with Gasteiger partial charge in [0.2, 0.25) is 0 Å². The normalized spacial score (nSPS) is 10.0. The number of aliphatic hydroxyl groups excluding tert-OH is 1. The van der Waals surface area contributed by atoms with Crippen LogP contribution in [0.15, 0.2) is 24.8 Å². The van der Waals surface area contributed by atoms with Crippen LogP contribution in [-0.2, 0) is 18.0 Å². The molecule has 0 saturated heterocycles. The van der Waals surface area contributed by atoms with Crippen molar-refractivity contribution in [1.82, 2.24) is 0 Å². The van der Waals surface area contributed by atoms with E-state index in [0.717, 1.165) is 12.2 Å². The molecule has 0 saturated carbocycles. The summed E-state index contributed by atoms with van der Waals surface area (Å²) in [6, 6.07) is 6.26. The summed E-state index contributed by atoms with van der Waals surface area (Å²) in [5, 5.41) is 8.73. The molecule has 0 spiro atoms. The van der Waals surface area contributed by atoms with Crippen LogP contribution >= 0.6 is 61.7 Å². The predicted octanol–water partition coefficient (Wildman–Crippen LogP) is 4.95. The van der Waals surface area contributed by atoms with Crippen molar-refractivity contribution in [3.05, 3.63) is 56.1 Å². The van der Waals surface area contributed by atoms with E-state index in [1.54, 1.807) is 41.1 Å². The van der Waals surface area contributed by atoms with Crippen LogP contribution in [0.3, 0.4) is 0 Å². The summed E-state index contributed by atoms with van der Waals surface area (Å²) >= 11 is 5.27. The number of ether oxygens (including phenoxy) is 1. The minimum Gasteiger partial charge on any atom is -0.392 e. The zero-order valence-electron chi connectivity index (χ0n) is 16.7. The number of thiophene rings is 3. The van der Waals surface area contributed by atoms with Crippen molar-refractivity contribution in [2.24, 2.45) is 0 Å². The molecule has 8 heteroatoms. The number of hydrogen-bond donors (Lipinski definition) is 1. The van der Waals surface area contributed by atoms with Crippen molar-refractivity contribution in [3.63, 3.8) is 0 Å². The Kier molecular flexibility index (Phi) is 12.5. The lowest BCUT2D eigenvalue weighted by Gasteiger charge is -1.94.